The highest BCUT2D eigenvalue weighted by Gasteiger charge is 1.95. The van der Waals surface area contributed by atoms with E-state index in [1.807, 2.05) is 0 Å². The van der Waals surface area contributed by atoms with Gasteiger partial charge in [-0.3, -0.25) is 0 Å². The van der Waals surface area contributed by atoms with Gasteiger partial charge in [-0.2, -0.15) is 0 Å². The van der Waals surface area contributed by atoms with Gasteiger partial charge in [0.1, 0.15) is 0 Å². The van der Waals surface area contributed by atoms with E-state index in [0.717, 1.165) is 43.1 Å². The Labute approximate surface area is 113 Å². The van der Waals surface area contributed by atoms with Crippen LogP contribution in [0.25, 0.3) is 0 Å². The summed E-state index contributed by atoms with van der Waals surface area (Å²) in [5.41, 5.74) is 1.30. The minimum atomic E-state index is 0.728. The van der Waals surface area contributed by atoms with Crippen LogP contribution >= 0.6 is 15.9 Å². The smallest absolute Gasteiger partial charge is 0.0591 e. The Morgan fingerprint density at radius 3 is 2.53 bits per heavy atom. The lowest BCUT2D eigenvalue weighted by molar-refractivity contribution is 0.125. The molecule has 0 aliphatic heterocycles. The summed E-state index contributed by atoms with van der Waals surface area (Å²) in [7, 11) is 0. The number of rotatable bonds is 8. The van der Waals surface area contributed by atoms with Crippen molar-refractivity contribution in [1.29, 1.82) is 0 Å². The van der Waals surface area contributed by atoms with Gasteiger partial charge in [0.2, 0.25) is 0 Å². The maximum Gasteiger partial charge on any atom is 0.0591 e. The van der Waals surface area contributed by atoms with Crippen LogP contribution in [0.2, 0.25) is 0 Å². The Morgan fingerprint density at radius 1 is 1.18 bits per heavy atom. The summed E-state index contributed by atoms with van der Waals surface area (Å²) in [5, 5.41) is 3.37. The van der Waals surface area contributed by atoms with Gasteiger partial charge in [-0.15, -0.1) is 0 Å². The highest BCUT2D eigenvalue weighted by molar-refractivity contribution is 9.10. The molecule has 0 aliphatic carbocycles. The van der Waals surface area contributed by atoms with Crippen molar-refractivity contribution in [2.75, 3.05) is 19.8 Å². The second-order valence-electron chi connectivity index (χ2n) is 4.60. The molecular formula is C14H22BrNO. The van der Waals surface area contributed by atoms with E-state index in [9.17, 15) is 0 Å². The summed E-state index contributed by atoms with van der Waals surface area (Å²) >= 11 is 3.43. The SMILES string of the molecule is CC(C)CCOCCNCc1ccc(Br)cc1. The van der Waals surface area contributed by atoms with Crippen molar-refractivity contribution in [3.8, 4) is 0 Å². The molecule has 1 rings (SSSR count). The molecule has 0 unspecified atom stereocenters. The molecule has 0 spiro atoms. The Balaban J connectivity index is 1.99. The Hall–Kier alpha value is -0.380. The predicted molar refractivity (Wildman–Crippen MR) is 76.1 cm³/mol. The van der Waals surface area contributed by atoms with Crippen LogP contribution in [0.5, 0.6) is 0 Å². The third-order valence-corrected chi connectivity index (χ3v) is 3.03. The third kappa shape index (κ3) is 7.53. The Kier molecular flexibility index (Phi) is 7.49. The van der Waals surface area contributed by atoms with Crippen molar-refractivity contribution in [2.24, 2.45) is 5.92 Å². The minimum Gasteiger partial charge on any atom is -0.380 e. The Bertz CT molecular complexity index is 298. The van der Waals surface area contributed by atoms with Crippen LogP contribution in [-0.2, 0) is 11.3 Å². The van der Waals surface area contributed by atoms with Crippen LogP contribution in [0.3, 0.4) is 0 Å². The van der Waals surface area contributed by atoms with E-state index < -0.39 is 0 Å². The van der Waals surface area contributed by atoms with Gasteiger partial charge in [-0.1, -0.05) is 41.9 Å². The van der Waals surface area contributed by atoms with Crippen molar-refractivity contribution in [2.45, 2.75) is 26.8 Å². The van der Waals surface area contributed by atoms with Gasteiger partial charge in [0, 0.05) is 24.2 Å². The van der Waals surface area contributed by atoms with E-state index >= 15 is 0 Å². The first kappa shape index (κ1) is 14.7. The number of halogens is 1. The lowest BCUT2D eigenvalue weighted by atomic mass is 10.1. The van der Waals surface area contributed by atoms with Gasteiger partial charge in [-0.25, -0.2) is 0 Å². The maximum atomic E-state index is 5.53. The molecule has 0 atom stereocenters. The zero-order valence-corrected chi connectivity index (χ0v) is 12.3. The molecule has 0 heterocycles. The van der Waals surface area contributed by atoms with Gasteiger partial charge >= 0.3 is 0 Å². The van der Waals surface area contributed by atoms with Gasteiger partial charge in [0.15, 0.2) is 0 Å². The molecule has 3 heteroatoms. The summed E-state index contributed by atoms with van der Waals surface area (Å²) in [4.78, 5) is 0. The standard InChI is InChI=1S/C14H22BrNO/c1-12(2)7-9-17-10-8-16-11-13-3-5-14(15)6-4-13/h3-6,12,16H,7-11H2,1-2H3. The average molecular weight is 300 g/mol. The second kappa shape index (κ2) is 8.67. The minimum absolute atomic E-state index is 0.728. The number of benzene rings is 1. The lowest BCUT2D eigenvalue weighted by Crippen LogP contribution is -2.19. The van der Waals surface area contributed by atoms with Gasteiger partial charge in [-0.05, 0) is 30.0 Å². The zero-order chi connectivity index (χ0) is 12.5. The van der Waals surface area contributed by atoms with E-state index in [1.165, 1.54) is 5.56 Å². The first-order chi connectivity index (χ1) is 8.18. The quantitative estimate of drug-likeness (QED) is 0.741. The molecule has 0 aliphatic rings. The van der Waals surface area contributed by atoms with Gasteiger partial charge < -0.3 is 10.1 Å². The van der Waals surface area contributed by atoms with Gasteiger partial charge in [0.25, 0.3) is 0 Å². The zero-order valence-electron chi connectivity index (χ0n) is 10.7. The summed E-state index contributed by atoms with van der Waals surface area (Å²) in [6, 6.07) is 8.37. The van der Waals surface area contributed by atoms with Crippen LogP contribution in [-0.4, -0.2) is 19.8 Å². The molecule has 0 amide bonds. The predicted octanol–water partition coefficient (Wildman–Crippen LogP) is 3.60. The lowest BCUT2D eigenvalue weighted by Gasteiger charge is -2.07. The highest BCUT2D eigenvalue weighted by atomic mass is 79.9. The first-order valence-electron chi connectivity index (χ1n) is 6.21. The van der Waals surface area contributed by atoms with Crippen molar-refractivity contribution in [1.82, 2.24) is 5.32 Å². The van der Waals surface area contributed by atoms with Crippen LogP contribution in [0.4, 0.5) is 0 Å². The molecule has 0 bridgehead atoms. The van der Waals surface area contributed by atoms with E-state index in [4.69, 9.17) is 4.74 Å². The number of hydrogen-bond acceptors (Lipinski definition) is 2. The first-order valence-corrected chi connectivity index (χ1v) is 7.00. The van der Waals surface area contributed by atoms with Crippen molar-refractivity contribution in [3.63, 3.8) is 0 Å². The largest absolute Gasteiger partial charge is 0.380 e. The van der Waals surface area contributed by atoms with Crippen LogP contribution < -0.4 is 5.32 Å². The summed E-state index contributed by atoms with van der Waals surface area (Å²) < 4.78 is 6.65. The van der Waals surface area contributed by atoms with Gasteiger partial charge in [0.05, 0.1) is 6.61 Å². The van der Waals surface area contributed by atoms with Crippen molar-refractivity contribution in [3.05, 3.63) is 34.3 Å². The molecule has 96 valence electrons. The second-order valence-corrected chi connectivity index (χ2v) is 5.51. The third-order valence-electron chi connectivity index (χ3n) is 2.51. The summed E-state index contributed by atoms with van der Waals surface area (Å²) in [5.74, 6) is 0.728. The molecule has 1 aromatic carbocycles. The molecular weight excluding hydrogens is 278 g/mol. The van der Waals surface area contributed by atoms with Crippen LogP contribution in [0.1, 0.15) is 25.8 Å². The number of hydrogen-bond donors (Lipinski definition) is 1. The topological polar surface area (TPSA) is 21.3 Å². The van der Waals surface area contributed by atoms with E-state index in [-0.39, 0.29) is 0 Å². The molecule has 1 N–H and O–H groups in total. The summed E-state index contributed by atoms with van der Waals surface area (Å²) in [6.45, 7) is 7.92. The monoisotopic (exact) mass is 299 g/mol. The van der Waals surface area contributed by atoms with E-state index in [1.54, 1.807) is 0 Å². The van der Waals surface area contributed by atoms with E-state index in [2.05, 4.69) is 59.4 Å². The summed E-state index contributed by atoms with van der Waals surface area (Å²) in [6.07, 6.45) is 1.15. The highest BCUT2D eigenvalue weighted by Crippen LogP contribution is 2.09. The fourth-order valence-electron chi connectivity index (χ4n) is 1.40. The molecule has 1 aromatic rings. The Morgan fingerprint density at radius 2 is 1.88 bits per heavy atom. The fraction of sp³-hybridized carbons (Fsp3) is 0.571. The molecule has 17 heavy (non-hydrogen) atoms. The van der Waals surface area contributed by atoms with E-state index in [0.29, 0.717) is 0 Å². The molecule has 0 saturated carbocycles. The molecule has 0 radical (unpaired) electrons. The van der Waals surface area contributed by atoms with Crippen LogP contribution in [0, 0.1) is 5.92 Å². The molecule has 0 fully saturated rings. The number of ether oxygens (including phenoxy) is 1. The normalized spacial score (nSPS) is 11.1. The molecule has 0 aromatic heterocycles. The molecule has 0 saturated heterocycles. The molecule has 2 nitrogen and oxygen atoms in total. The van der Waals surface area contributed by atoms with Crippen LogP contribution in [0.15, 0.2) is 28.7 Å². The van der Waals surface area contributed by atoms with Crippen molar-refractivity contribution >= 4 is 15.9 Å². The maximum absolute atomic E-state index is 5.53. The fourth-order valence-corrected chi connectivity index (χ4v) is 1.66. The average Bonchev–Trinajstić information content (AvgIpc) is 2.30. The number of nitrogens with one attached hydrogen (secondary N) is 1. The van der Waals surface area contributed by atoms with Crippen molar-refractivity contribution < 1.29 is 4.74 Å².